The molecule has 23 heavy (non-hydrogen) atoms. The smallest absolute Gasteiger partial charge is 0.0103 e. The Morgan fingerprint density at radius 2 is 0.652 bits per heavy atom. The van der Waals surface area contributed by atoms with Gasteiger partial charge in [-0.05, 0) is 47.2 Å². The van der Waals surface area contributed by atoms with Gasteiger partial charge in [-0.2, -0.15) is 0 Å². The first-order valence-electron chi connectivity index (χ1n) is 6.98. The quantitative estimate of drug-likeness (QED) is 0.458. The summed E-state index contributed by atoms with van der Waals surface area (Å²) in [6.07, 6.45) is 0. The highest BCUT2D eigenvalue weighted by atomic mass is 14.1. The molecular formula is C23H30. The van der Waals surface area contributed by atoms with Gasteiger partial charge in [-0.3, -0.25) is 0 Å². The molecule has 0 radical (unpaired) electrons. The van der Waals surface area contributed by atoms with Crippen LogP contribution in [-0.4, -0.2) is 0 Å². The summed E-state index contributed by atoms with van der Waals surface area (Å²) >= 11 is 0. The van der Waals surface area contributed by atoms with Gasteiger partial charge in [-0.15, -0.1) is 0 Å². The summed E-state index contributed by atoms with van der Waals surface area (Å²) in [4.78, 5) is 0. The van der Waals surface area contributed by atoms with E-state index in [0.717, 1.165) is 0 Å². The summed E-state index contributed by atoms with van der Waals surface area (Å²) in [6, 6.07) is 25.8. The van der Waals surface area contributed by atoms with Gasteiger partial charge in [0, 0.05) is 0 Å². The lowest BCUT2D eigenvalue weighted by Crippen LogP contribution is -1.89. The van der Waals surface area contributed by atoms with Crippen LogP contribution in [0.2, 0.25) is 0 Å². The molecule has 0 aliphatic rings. The van der Waals surface area contributed by atoms with Gasteiger partial charge in [0.1, 0.15) is 0 Å². The van der Waals surface area contributed by atoms with Crippen LogP contribution in [0.15, 0.2) is 72.8 Å². The predicted molar refractivity (Wildman–Crippen MR) is 107 cm³/mol. The minimum absolute atomic E-state index is 0. The maximum absolute atomic E-state index is 2.21. The molecular weight excluding hydrogens is 276 g/mol. The monoisotopic (exact) mass is 306 g/mol. The molecule has 0 nitrogen and oxygen atoms in total. The Balaban J connectivity index is 0.00000161. The van der Waals surface area contributed by atoms with Crippen molar-refractivity contribution in [1.82, 2.24) is 0 Å². The van der Waals surface area contributed by atoms with Crippen molar-refractivity contribution in [1.29, 1.82) is 0 Å². The maximum Gasteiger partial charge on any atom is -0.0103 e. The van der Waals surface area contributed by atoms with Crippen molar-refractivity contribution in [3.05, 3.63) is 83.9 Å². The Labute approximate surface area is 142 Å². The van der Waals surface area contributed by atoms with Crippen LogP contribution < -0.4 is 0 Å². The standard InChI is InChI=1S/C20H18.3CH4/c1-15-9-3-5-11-17(15)19-13-7-8-14-20(19)18-12-6-4-10-16(18)2;;;/h3-14H,1-2H3;3*1H4. The second-order valence-electron chi connectivity index (χ2n) is 5.18. The fraction of sp³-hybridized carbons (Fsp3) is 0.217. The summed E-state index contributed by atoms with van der Waals surface area (Å²) < 4.78 is 0. The van der Waals surface area contributed by atoms with Crippen molar-refractivity contribution >= 4 is 0 Å². The van der Waals surface area contributed by atoms with Crippen LogP contribution >= 0.6 is 0 Å². The first-order valence-corrected chi connectivity index (χ1v) is 6.98. The normalized spacial score (nSPS) is 9.13. The molecule has 122 valence electrons. The Morgan fingerprint density at radius 3 is 0.957 bits per heavy atom. The predicted octanol–water partition coefficient (Wildman–Crippen LogP) is 7.55. The topological polar surface area (TPSA) is 0 Å². The van der Waals surface area contributed by atoms with Crippen LogP contribution in [0.25, 0.3) is 22.3 Å². The molecule has 0 saturated carbocycles. The van der Waals surface area contributed by atoms with Crippen LogP contribution in [0.5, 0.6) is 0 Å². The number of aryl methyl sites for hydroxylation is 2. The third-order valence-electron chi connectivity index (χ3n) is 3.80. The van der Waals surface area contributed by atoms with Crippen molar-refractivity contribution in [2.75, 3.05) is 0 Å². The van der Waals surface area contributed by atoms with Crippen molar-refractivity contribution in [3.8, 4) is 22.3 Å². The van der Waals surface area contributed by atoms with E-state index in [1.807, 2.05) is 0 Å². The van der Waals surface area contributed by atoms with E-state index in [4.69, 9.17) is 0 Å². The van der Waals surface area contributed by atoms with Gasteiger partial charge in [0.25, 0.3) is 0 Å². The molecule has 0 fully saturated rings. The van der Waals surface area contributed by atoms with Crippen molar-refractivity contribution < 1.29 is 0 Å². The molecule has 0 heterocycles. The zero-order chi connectivity index (χ0) is 13.9. The maximum atomic E-state index is 2.21. The van der Waals surface area contributed by atoms with E-state index in [1.165, 1.54) is 33.4 Å². The van der Waals surface area contributed by atoms with Gasteiger partial charge in [-0.25, -0.2) is 0 Å². The third kappa shape index (κ3) is 4.10. The van der Waals surface area contributed by atoms with Gasteiger partial charge in [0.05, 0.1) is 0 Å². The Kier molecular flexibility index (Phi) is 8.04. The fourth-order valence-electron chi connectivity index (χ4n) is 2.70. The van der Waals surface area contributed by atoms with Gasteiger partial charge in [-0.1, -0.05) is 95.1 Å². The van der Waals surface area contributed by atoms with Gasteiger partial charge in [0.2, 0.25) is 0 Å². The highest BCUT2D eigenvalue weighted by molar-refractivity contribution is 5.85. The molecule has 3 aromatic rings. The van der Waals surface area contributed by atoms with E-state index in [0.29, 0.717) is 0 Å². The molecule has 0 aromatic heterocycles. The van der Waals surface area contributed by atoms with Gasteiger partial charge >= 0.3 is 0 Å². The number of rotatable bonds is 2. The molecule has 0 saturated heterocycles. The first kappa shape index (κ1) is 20.7. The molecule has 0 heteroatoms. The fourth-order valence-corrected chi connectivity index (χ4v) is 2.70. The highest BCUT2D eigenvalue weighted by Gasteiger charge is 2.09. The third-order valence-corrected chi connectivity index (χ3v) is 3.80. The average molecular weight is 306 g/mol. The lowest BCUT2D eigenvalue weighted by atomic mass is 9.90. The van der Waals surface area contributed by atoms with Gasteiger partial charge in [0.15, 0.2) is 0 Å². The molecule has 0 N–H and O–H groups in total. The van der Waals surface area contributed by atoms with E-state index in [-0.39, 0.29) is 22.3 Å². The summed E-state index contributed by atoms with van der Waals surface area (Å²) in [7, 11) is 0. The van der Waals surface area contributed by atoms with Crippen LogP contribution in [0.4, 0.5) is 0 Å². The molecule has 0 unspecified atom stereocenters. The largest absolute Gasteiger partial charge is 0.0776 e. The molecule has 0 aliphatic carbocycles. The highest BCUT2D eigenvalue weighted by Crippen LogP contribution is 2.34. The van der Waals surface area contributed by atoms with Crippen LogP contribution in [-0.2, 0) is 0 Å². The van der Waals surface area contributed by atoms with Crippen molar-refractivity contribution in [3.63, 3.8) is 0 Å². The van der Waals surface area contributed by atoms with E-state index in [2.05, 4.69) is 86.6 Å². The summed E-state index contributed by atoms with van der Waals surface area (Å²) in [6.45, 7) is 4.34. The average Bonchev–Trinajstić information content (AvgIpc) is 2.48. The van der Waals surface area contributed by atoms with Crippen molar-refractivity contribution in [2.24, 2.45) is 0 Å². The molecule has 0 amide bonds. The molecule has 0 spiro atoms. The van der Waals surface area contributed by atoms with E-state index in [9.17, 15) is 0 Å². The number of benzene rings is 3. The molecule has 0 bridgehead atoms. The van der Waals surface area contributed by atoms with Crippen LogP contribution in [0.1, 0.15) is 33.4 Å². The van der Waals surface area contributed by atoms with Crippen LogP contribution in [0, 0.1) is 13.8 Å². The Morgan fingerprint density at radius 1 is 0.391 bits per heavy atom. The molecule has 3 rings (SSSR count). The van der Waals surface area contributed by atoms with E-state index < -0.39 is 0 Å². The van der Waals surface area contributed by atoms with E-state index in [1.54, 1.807) is 0 Å². The van der Waals surface area contributed by atoms with E-state index >= 15 is 0 Å². The minimum atomic E-state index is 0. The summed E-state index contributed by atoms with van der Waals surface area (Å²) in [5, 5.41) is 0. The van der Waals surface area contributed by atoms with Crippen LogP contribution in [0.3, 0.4) is 0 Å². The second kappa shape index (κ2) is 8.95. The molecule has 3 aromatic carbocycles. The Hall–Kier alpha value is -2.34. The lowest BCUT2D eigenvalue weighted by Gasteiger charge is -2.14. The summed E-state index contributed by atoms with van der Waals surface area (Å²) in [5.41, 5.74) is 7.86. The molecule has 0 atom stereocenters. The second-order valence-corrected chi connectivity index (χ2v) is 5.18. The SMILES string of the molecule is C.C.C.Cc1ccccc1-c1ccccc1-c1ccccc1C. The van der Waals surface area contributed by atoms with Gasteiger partial charge < -0.3 is 0 Å². The first-order chi connectivity index (χ1) is 9.77. The summed E-state index contributed by atoms with van der Waals surface area (Å²) in [5.74, 6) is 0. The molecule has 0 aliphatic heterocycles. The zero-order valence-electron chi connectivity index (χ0n) is 11.9. The van der Waals surface area contributed by atoms with Crippen molar-refractivity contribution in [2.45, 2.75) is 36.1 Å². The Bertz CT molecular complexity index is 674. The lowest BCUT2D eigenvalue weighted by molar-refractivity contribution is 1.43. The number of hydrogen-bond donors (Lipinski definition) is 0. The zero-order valence-corrected chi connectivity index (χ0v) is 11.9. The minimum Gasteiger partial charge on any atom is -0.0776 e. The number of hydrogen-bond acceptors (Lipinski definition) is 0.